The van der Waals surface area contributed by atoms with E-state index in [0.29, 0.717) is 30.1 Å². The average Bonchev–Trinajstić information content (AvgIpc) is 3.18. The smallest absolute Gasteiger partial charge is 0.143 e. The molecule has 1 saturated heterocycles. The number of hydrogen-bond acceptors (Lipinski definition) is 4. The van der Waals surface area contributed by atoms with Gasteiger partial charge in [0.15, 0.2) is 0 Å². The Kier molecular flexibility index (Phi) is 9.00. The number of aromatic amines is 1. The summed E-state index contributed by atoms with van der Waals surface area (Å²) in [5.74, 6) is -1.28. The van der Waals surface area contributed by atoms with Gasteiger partial charge in [-0.2, -0.15) is 0 Å². The molecule has 208 valence electrons. The predicted molar refractivity (Wildman–Crippen MR) is 144 cm³/mol. The SMILES string of the molecule is CC1Cc2c([nH]c3cccc(F)c23)CN1CC(C)(F)CO.CCCCN1CC(Nc2cc(F)cc(F)c2)C1. The number of nitrogens with one attached hydrogen (secondary N) is 2. The van der Waals surface area contributed by atoms with Gasteiger partial charge >= 0.3 is 0 Å². The van der Waals surface area contributed by atoms with Gasteiger partial charge in [0.2, 0.25) is 0 Å². The Balaban J connectivity index is 0.000000181. The number of H-pyrrole nitrogens is 1. The summed E-state index contributed by atoms with van der Waals surface area (Å²) < 4.78 is 54.0. The molecule has 0 saturated carbocycles. The number of nitrogens with zero attached hydrogens (tertiary/aromatic N) is 2. The first-order chi connectivity index (χ1) is 18.1. The third-order valence-electron chi connectivity index (χ3n) is 7.33. The van der Waals surface area contributed by atoms with Crippen LogP contribution in [0.3, 0.4) is 0 Å². The largest absolute Gasteiger partial charge is 0.393 e. The number of anilines is 1. The van der Waals surface area contributed by atoms with Crippen molar-refractivity contribution in [2.24, 2.45) is 0 Å². The molecular weight excluding hydrogens is 496 g/mol. The van der Waals surface area contributed by atoms with Gasteiger partial charge in [0.1, 0.15) is 23.1 Å². The molecule has 2 aliphatic rings. The van der Waals surface area contributed by atoms with Gasteiger partial charge in [-0.05, 0) is 63.1 Å². The molecule has 2 unspecified atom stereocenters. The van der Waals surface area contributed by atoms with E-state index in [2.05, 4.69) is 22.1 Å². The van der Waals surface area contributed by atoms with Crippen LogP contribution in [0.15, 0.2) is 36.4 Å². The maximum Gasteiger partial charge on any atom is 0.143 e. The van der Waals surface area contributed by atoms with Crippen LogP contribution in [0.1, 0.15) is 44.9 Å². The monoisotopic (exact) mass is 534 g/mol. The molecular formula is C29H38F4N4O. The van der Waals surface area contributed by atoms with Crippen LogP contribution in [-0.4, -0.2) is 70.4 Å². The van der Waals surface area contributed by atoms with Gasteiger partial charge in [0.05, 0.1) is 12.6 Å². The lowest BCUT2D eigenvalue weighted by molar-refractivity contribution is 0.0277. The lowest BCUT2D eigenvalue weighted by atomic mass is 9.96. The first kappa shape index (κ1) is 28.4. The molecule has 0 spiro atoms. The van der Waals surface area contributed by atoms with Crippen LogP contribution in [0, 0.1) is 17.5 Å². The number of aliphatic hydroxyl groups is 1. The normalized spacial score (nSPS) is 19.8. The summed E-state index contributed by atoms with van der Waals surface area (Å²) in [5.41, 5.74) is 1.64. The van der Waals surface area contributed by atoms with Crippen molar-refractivity contribution in [3.8, 4) is 0 Å². The maximum absolute atomic E-state index is 14.1. The topological polar surface area (TPSA) is 54.5 Å². The fraction of sp³-hybridized carbons (Fsp3) is 0.517. The fourth-order valence-corrected chi connectivity index (χ4v) is 5.25. The van der Waals surface area contributed by atoms with E-state index in [1.165, 1.54) is 38.0 Å². The Morgan fingerprint density at radius 2 is 1.84 bits per heavy atom. The second kappa shape index (κ2) is 12.1. The highest BCUT2D eigenvalue weighted by atomic mass is 19.1. The number of likely N-dealkylation sites (tertiary alicyclic amines) is 1. The molecule has 2 aromatic carbocycles. The molecule has 0 bridgehead atoms. The van der Waals surface area contributed by atoms with Crippen molar-refractivity contribution in [1.29, 1.82) is 0 Å². The number of benzene rings is 2. The summed E-state index contributed by atoms with van der Waals surface area (Å²) in [6.45, 7) is 8.83. The average molecular weight is 535 g/mol. The number of aliphatic hydroxyl groups excluding tert-OH is 1. The Morgan fingerprint density at radius 1 is 1.13 bits per heavy atom. The second-order valence-corrected chi connectivity index (χ2v) is 10.9. The van der Waals surface area contributed by atoms with E-state index in [-0.39, 0.29) is 18.4 Å². The zero-order valence-corrected chi connectivity index (χ0v) is 22.3. The summed E-state index contributed by atoms with van der Waals surface area (Å²) >= 11 is 0. The molecule has 0 radical (unpaired) electrons. The standard InChI is InChI=1S/C16H20F2N2O.C13H18F2N2/c1-10-6-11-14(7-20(10)8-16(2,18)9-21)19-13-5-3-4-12(17)15(11)13;1-2-3-4-17-8-13(9-17)16-12-6-10(14)5-11(15)7-12/h3-5,10,19,21H,6-9H2,1-2H3;5-7,13,16H,2-4,8-9H2,1H3. The zero-order valence-electron chi connectivity index (χ0n) is 22.3. The number of hydrogen-bond donors (Lipinski definition) is 3. The van der Waals surface area contributed by atoms with Gasteiger partial charge in [-0.3, -0.25) is 9.80 Å². The molecule has 1 aromatic heterocycles. The molecule has 0 amide bonds. The molecule has 5 nitrogen and oxygen atoms in total. The van der Waals surface area contributed by atoms with Gasteiger partial charge in [-0.1, -0.05) is 19.4 Å². The molecule has 2 atom stereocenters. The molecule has 1 fully saturated rings. The van der Waals surface area contributed by atoms with Crippen LogP contribution in [-0.2, 0) is 13.0 Å². The summed E-state index contributed by atoms with van der Waals surface area (Å²) in [4.78, 5) is 7.58. The van der Waals surface area contributed by atoms with E-state index in [4.69, 9.17) is 5.11 Å². The number of fused-ring (bicyclic) bond motifs is 3. The predicted octanol–water partition coefficient (Wildman–Crippen LogP) is 5.64. The van der Waals surface area contributed by atoms with Crippen molar-refractivity contribution in [2.45, 2.75) is 64.3 Å². The Labute approximate surface area is 221 Å². The number of rotatable bonds is 8. The zero-order chi connectivity index (χ0) is 27.4. The highest BCUT2D eigenvalue weighted by Crippen LogP contribution is 2.32. The second-order valence-electron chi connectivity index (χ2n) is 10.9. The minimum atomic E-state index is -1.62. The van der Waals surface area contributed by atoms with Crippen LogP contribution < -0.4 is 5.32 Å². The molecule has 9 heteroatoms. The van der Waals surface area contributed by atoms with Crippen molar-refractivity contribution in [3.63, 3.8) is 0 Å². The van der Waals surface area contributed by atoms with Crippen LogP contribution in [0.4, 0.5) is 23.2 Å². The van der Waals surface area contributed by atoms with Gasteiger partial charge < -0.3 is 15.4 Å². The quantitative estimate of drug-likeness (QED) is 0.328. The lowest BCUT2D eigenvalue weighted by Crippen LogP contribution is -2.54. The summed E-state index contributed by atoms with van der Waals surface area (Å²) in [6, 6.07) is 8.99. The van der Waals surface area contributed by atoms with Crippen LogP contribution in [0.2, 0.25) is 0 Å². The van der Waals surface area contributed by atoms with Gasteiger partial charge in [0.25, 0.3) is 0 Å². The Hall–Kier alpha value is -2.62. The van der Waals surface area contributed by atoms with E-state index in [9.17, 15) is 17.6 Å². The molecule has 0 aliphatic carbocycles. The van der Waals surface area contributed by atoms with Crippen LogP contribution >= 0.6 is 0 Å². The maximum atomic E-state index is 14.1. The first-order valence-electron chi connectivity index (χ1n) is 13.3. The van der Waals surface area contributed by atoms with Crippen molar-refractivity contribution in [2.75, 3.05) is 38.1 Å². The van der Waals surface area contributed by atoms with Gasteiger partial charge in [0, 0.05) is 60.6 Å². The van der Waals surface area contributed by atoms with E-state index >= 15 is 0 Å². The first-order valence-corrected chi connectivity index (χ1v) is 13.3. The highest BCUT2D eigenvalue weighted by molar-refractivity contribution is 5.85. The summed E-state index contributed by atoms with van der Waals surface area (Å²) in [7, 11) is 0. The van der Waals surface area contributed by atoms with E-state index < -0.39 is 23.9 Å². The molecule has 3 heterocycles. The highest BCUT2D eigenvalue weighted by Gasteiger charge is 2.33. The molecule has 38 heavy (non-hydrogen) atoms. The molecule has 2 aliphatic heterocycles. The fourth-order valence-electron chi connectivity index (χ4n) is 5.25. The molecule has 5 rings (SSSR count). The van der Waals surface area contributed by atoms with Crippen molar-refractivity contribution in [1.82, 2.24) is 14.8 Å². The third kappa shape index (κ3) is 6.87. The number of alkyl halides is 1. The number of halogens is 4. The van der Waals surface area contributed by atoms with Crippen LogP contribution in [0.5, 0.6) is 0 Å². The Bertz CT molecular complexity index is 1200. The van der Waals surface area contributed by atoms with E-state index in [0.717, 1.165) is 42.5 Å². The summed E-state index contributed by atoms with van der Waals surface area (Å²) in [5, 5.41) is 12.9. The van der Waals surface area contributed by atoms with Gasteiger partial charge in [-0.25, -0.2) is 17.6 Å². The van der Waals surface area contributed by atoms with Crippen molar-refractivity contribution >= 4 is 16.6 Å². The van der Waals surface area contributed by atoms with E-state index in [1.807, 2.05) is 17.9 Å². The lowest BCUT2D eigenvalue weighted by Gasteiger charge is -2.40. The minimum absolute atomic E-state index is 0.109. The van der Waals surface area contributed by atoms with E-state index in [1.54, 1.807) is 6.07 Å². The van der Waals surface area contributed by atoms with Gasteiger partial charge in [-0.15, -0.1) is 0 Å². The third-order valence-corrected chi connectivity index (χ3v) is 7.33. The number of aromatic nitrogens is 1. The summed E-state index contributed by atoms with van der Waals surface area (Å²) in [6.07, 6.45) is 3.09. The molecule has 3 N–H and O–H groups in total. The Morgan fingerprint density at radius 3 is 2.50 bits per heavy atom. The number of unbranched alkanes of at least 4 members (excludes halogenated alkanes) is 1. The van der Waals surface area contributed by atoms with Crippen molar-refractivity contribution < 1.29 is 22.7 Å². The molecule has 3 aromatic rings. The van der Waals surface area contributed by atoms with Crippen LogP contribution in [0.25, 0.3) is 10.9 Å². The van der Waals surface area contributed by atoms with Crippen molar-refractivity contribution in [3.05, 3.63) is 65.1 Å². The minimum Gasteiger partial charge on any atom is -0.393 e.